The average Bonchev–Trinajstić information content (AvgIpc) is 3.13. The van der Waals surface area contributed by atoms with E-state index in [1.54, 1.807) is 18.2 Å². The number of carbonyl (C=O) groups excluding carboxylic acids is 1. The standard InChI is InChI=1S/C20H24Cl2N6O2/c21-13-3-1-2-12(15(13)22)14-16(18(25)29)26-19(27-17(14)24)28-6-4-20(5-7-28)8-11(9-23)30-10-20/h1-3,11H,4-10,23H2,(H2,25,29)(H2,24,26,27). The average molecular weight is 451 g/mol. The Kier molecular flexibility index (Phi) is 5.76. The number of nitrogens with two attached hydrogens (primary N) is 3. The lowest BCUT2D eigenvalue weighted by Gasteiger charge is -2.38. The Morgan fingerprint density at radius 1 is 1.27 bits per heavy atom. The van der Waals surface area contributed by atoms with Crippen molar-refractivity contribution in [2.45, 2.75) is 25.4 Å². The molecule has 2 aliphatic rings. The van der Waals surface area contributed by atoms with E-state index in [1.165, 1.54) is 0 Å². The van der Waals surface area contributed by atoms with Gasteiger partial charge in [-0.25, -0.2) is 4.98 Å². The molecule has 1 amide bonds. The maximum atomic E-state index is 12.2. The van der Waals surface area contributed by atoms with Gasteiger partial charge in [0.05, 0.1) is 28.3 Å². The van der Waals surface area contributed by atoms with Crippen molar-refractivity contribution in [2.75, 3.05) is 36.9 Å². The first-order valence-electron chi connectivity index (χ1n) is 9.82. The van der Waals surface area contributed by atoms with Gasteiger partial charge in [-0.05, 0) is 30.7 Å². The molecule has 10 heteroatoms. The van der Waals surface area contributed by atoms with Gasteiger partial charge in [0.1, 0.15) is 11.5 Å². The molecule has 30 heavy (non-hydrogen) atoms. The zero-order valence-corrected chi connectivity index (χ0v) is 17.9. The Labute approximate surface area is 184 Å². The van der Waals surface area contributed by atoms with Crippen LogP contribution in [0, 0.1) is 5.41 Å². The van der Waals surface area contributed by atoms with Crippen LogP contribution in [-0.4, -0.2) is 48.2 Å². The van der Waals surface area contributed by atoms with Crippen LogP contribution in [-0.2, 0) is 4.74 Å². The van der Waals surface area contributed by atoms with Crippen molar-refractivity contribution in [1.29, 1.82) is 0 Å². The van der Waals surface area contributed by atoms with E-state index in [0.29, 0.717) is 28.6 Å². The molecule has 160 valence electrons. The summed E-state index contributed by atoms with van der Waals surface area (Å²) in [4.78, 5) is 23.1. The molecule has 3 heterocycles. The molecule has 1 aromatic heterocycles. The number of benzene rings is 1. The number of hydrogen-bond donors (Lipinski definition) is 3. The summed E-state index contributed by atoms with van der Waals surface area (Å²) in [6.45, 7) is 2.73. The molecule has 2 saturated heterocycles. The van der Waals surface area contributed by atoms with Gasteiger partial charge >= 0.3 is 0 Å². The van der Waals surface area contributed by atoms with E-state index in [9.17, 15) is 4.79 Å². The Morgan fingerprint density at radius 3 is 2.63 bits per heavy atom. The van der Waals surface area contributed by atoms with Gasteiger partial charge in [-0.1, -0.05) is 35.3 Å². The summed E-state index contributed by atoms with van der Waals surface area (Å²) in [5.41, 5.74) is 18.6. The van der Waals surface area contributed by atoms with Crippen LogP contribution in [0.25, 0.3) is 11.1 Å². The number of ether oxygens (including phenoxy) is 1. The van der Waals surface area contributed by atoms with E-state index in [2.05, 4.69) is 9.97 Å². The second-order valence-corrected chi connectivity index (χ2v) is 8.74. The normalized spacial score (nSPS) is 20.6. The van der Waals surface area contributed by atoms with Crippen LogP contribution in [0.2, 0.25) is 10.0 Å². The molecule has 1 unspecified atom stereocenters. The third-order valence-electron chi connectivity index (χ3n) is 6.04. The summed E-state index contributed by atoms with van der Waals surface area (Å²) < 4.78 is 5.81. The highest BCUT2D eigenvalue weighted by Crippen LogP contribution is 2.43. The van der Waals surface area contributed by atoms with Crippen LogP contribution < -0.4 is 22.1 Å². The largest absolute Gasteiger partial charge is 0.383 e. The molecule has 1 aromatic carbocycles. The highest BCUT2D eigenvalue weighted by atomic mass is 35.5. The first-order chi connectivity index (χ1) is 14.3. The third kappa shape index (κ3) is 3.80. The molecule has 0 bridgehead atoms. The lowest BCUT2D eigenvalue weighted by atomic mass is 9.77. The molecule has 2 aliphatic heterocycles. The number of hydrogen-bond acceptors (Lipinski definition) is 7. The van der Waals surface area contributed by atoms with Crippen LogP contribution in [0.4, 0.5) is 11.8 Å². The minimum absolute atomic E-state index is 0.0225. The molecule has 0 radical (unpaired) electrons. The zero-order valence-electron chi connectivity index (χ0n) is 16.4. The summed E-state index contributed by atoms with van der Waals surface area (Å²) in [5, 5.41) is 0.601. The summed E-state index contributed by atoms with van der Waals surface area (Å²) >= 11 is 12.5. The van der Waals surface area contributed by atoms with Gasteiger partial charge < -0.3 is 26.8 Å². The van der Waals surface area contributed by atoms with Gasteiger partial charge in [0.15, 0.2) is 0 Å². The predicted octanol–water partition coefficient (Wildman–Crippen LogP) is 2.47. The van der Waals surface area contributed by atoms with E-state index < -0.39 is 5.91 Å². The first kappa shape index (κ1) is 21.1. The molecule has 2 aromatic rings. The number of primary amides is 1. The molecule has 2 fully saturated rings. The van der Waals surface area contributed by atoms with Crippen molar-refractivity contribution < 1.29 is 9.53 Å². The lowest BCUT2D eigenvalue weighted by Crippen LogP contribution is -2.42. The smallest absolute Gasteiger partial charge is 0.268 e. The molecule has 4 rings (SSSR count). The topological polar surface area (TPSA) is 133 Å². The van der Waals surface area contributed by atoms with Gasteiger partial charge in [-0.3, -0.25) is 4.79 Å². The number of anilines is 2. The number of amides is 1. The van der Waals surface area contributed by atoms with E-state index in [-0.39, 0.29) is 28.1 Å². The van der Waals surface area contributed by atoms with Crippen molar-refractivity contribution in [3.8, 4) is 11.1 Å². The highest BCUT2D eigenvalue weighted by Gasteiger charge is 2.42. The minimum atomic E-state index is -0.708. The Bertz CT molecular complexity index is 978. The van der Waals surface area contributed by atoms with Crippen molar-refractivity contribution >= 4 is 40.9 Å². The van der Waals surface area contributed by atoms with E-state index in [0.717, 1.165) is 39.0 Å². The number of halogens is 2. The Hall–Kier alpha value is -2.13. The van der Waals surface area contributed by atoms with Crippen LogP contribution in [0.15, 0.2) is 18.2 Å². The maximum Gasteiger partial charge on any atom is 0.268 e. The summed E-state index contributed by atoms with van der Waals surface area (Å²) in [7, 11) is 0. The van der Waals surface area contributed by atoms with E-state index in [1.807, 2.05) is 4.90 Å². The Morgan fingerprint density at radius 2 is 2.00 bits per heavy atom. The zero-order chi connectivity index (χ0) is 21.5. The molecule has 6 N–H and O–H groups in total. The number of aromatic nitrogens is 2. The third-order valence-corrected chi connectivity index (χ3v) is 6.85. The van der Waals surface area contributed by atoms with Gasteiger partial charge in [0.2, 0.25) is 5.95 Å². The number of carbonyl (C=O) groups is 1. The monoisotopic (exact) mass is 450 g/mol. The molecular formula is C20H24Cl2N6O2. The highest BCUT2D eigenvalue weighted by molar-refractivity contribution is 6.44. The summed E-state index contributed by atoms with van der Waals surface area (Å²) in [6.07, 6.45) is 2.96. The predicted molar refractivity (Wildman–Crippen MR) is 118 cm³/mol. The lowest BCUT2D eigenvalue weighted by molar-refractivity contribution is 0.0926. The summed E-state index contributed by atoms with van der Waals surface area (Å²) in [5.74, 6) is -0.196. The van der Waals surface area contributed by atoms with E-state index >= 15 is 0 Å². The number of nitrogen functional groups attached to an aromatic ring is 1. The second kappa shape index (κ2) is 8.19. The summed E-state index contributed by atoms with van der Waals surface area (Å²) in [6, 6.07) is 5.06. The first-order valence-corrected chi connectivity index (χ1v) is 10.6. The Balaban J connectivity index is 1.64. The van der Waals surface area contributed by atoms with Crippen molar-refractivity contribution in [3.63, 3.8) is 0 Å². The molecule has 1 atom stereocenters. The minimum Gasteiger partial charge on any atom is -0.383 e. The molecular weight excluding hydrogens is 427 g/mol. The SMILES string of the molecule is NCC1CC2(CCN(c3nc(N)c(-c4cccc(Cl)c4Cl)c(C(N)=O)n3)CC2)CO1. The molecule has 8 nitrogen and oxygen atoms in total. The van der Waals surface area contributed by atoms with Crippen LogP contribution >= 0.6 is 23.2 Å². The van der Waals surface area contributed by atoms with Crippen molar-refractivity contribution in [3.05, 3.63) is 33.9 Å². The molecule has 1 spiro atoms. The maximum absolute atomic E-state index is 12.2. The van der Waals surface area contributed by atoms with Gasteiger partial charge in [0.25, 0.3) is 5.91 Å². The van der Waals surface area contributed by atoms with E-state index in [4.69, 9.17) is 45.1 Å². The number of piperidine rings is 1. The van der Waals surface area contributed by atoms with Gasteiger partial charge in [-0.2, -0.15) is 4.98 Å². The van der Waals surface area contributed by atoms with Crippen molar-refractivity contribution in [2.24, 2.45) is 16.9 Å². The van der Waals surface area contributed by atoms with Gasteiger partial charge in [0, 0.05) is 25.2 Å². The number of nitrogens with zero attached hydrogens (tertiary/aromatic N) is 3. The second-order valence-electron chi connectivity index (χ2n) is 7.96. The quantitative estimate of drug-likeness (QED) is 0.650. The van der Waals surface area contributed by atoms with Gasteiger partial charge in [-0.15, -0.1) is 0 Å². The molecule has 0 aliphatic carbocycles. The molecule has 0 saturated carbocycles. The van der Waals surface area contributed by atoms with Crippen molar-refractivity contribution in [1.82, 2.24) is 9.97 Å². The fraction of sp³-hybridized carbons (Fsp3) is 0.450. The number of rotatable bonds is 4. The van der Waals surface area contributed by atoms with Crippen LogP contribution in [0.3, 0.4) is 0 Å². The fourth-order valence-electron chi connectivity index (χ4n) is 4.32. The van der Waals surface area contributed by atoms with Crippen LogP contribution in [0.1, 0.15) is 29.8 Å². The fourth-order valence-corrected chi connectivity index (χ4v) is 4.72. The van der Waals surface area contributed by atoms with Crippen LogP contribution in [0.5, 0.6) is 0 Å².